The molecule has 6 nitrogen and oxygen atoms in total. The fourth-order valence-corrected chi connectivity index (χ4v) is 3.74. The first-order chi connectivity index (χ1) is 9.43. The Balaban J connectivity index is 2.90. The maximum absolute atomic E-state index is 12.4. The van der Waals surface area contributed by atoms with Gasteiger partial charge in [-0.3, -0.25) is 4.68 Å². The van der Waals surface area contributed by atoms with E-state index in [9.17, 15) is 8.42 Å². The van der Waals surface area contributed by atoms with E-state index in [1.54, 1.807) is 10.9 Å². The van der Waals surface area contributed by atoms with E-state index in [2.05, 4.69) is 9.82 Å². The van der Waals surface area contributed by atoms with Crippen molar-refractivity contribution in [2.45, 2.75) is 63.4 Å². The van der Waals surface area contributed by atoms with Crippen molar-refractivity contribution in [1.29, 1.82) is 0 Å². The first-order valence-electron chi connectivity index (χ1n) is 7.19. The van der Waals surface area contributed by atoms with Crippen molar-refractivity contribution in [2.24, 2.45) is 5.73 Å². The lowest BCUT2D eigenvalue weighted by atomic mass is 9.91. The molecule has 116 valence electrons. The first-order valence-corrected chi connectivity index (χ1v) is 8.67. The van der Waals surface area contributed by atoms with Crippen molar-refractivity contribution in [3.63, 3.8) is 0 Å². The molecule has 0 fully saturated rings. The summed E-state index contributed by atoms with van der Waals surface area (Å²) in [5, 5.41) is 4.07. The monoisotopic (exact) mass is 302 g/mol. The fourth-order valence-electron chi connectivity index (χ4n) is 2.17. The van der Waals surface area contributed by atoms with Crippen molar-refractivity contribution in [2.75, 3.05) is 6.54 Å². The summed E-state index contributed by atoms with van der Waals surface area (Å²) in [6.07, 6.45) is 6.02. The Kier molecular flexibility index (Phi) is 6.16. The number of nitrogens with zero attached hydrogens (tertiary/aromatic N) is 2. The lowest BCUT2D eigenvalue weighted by molar-refractivity contribution is 0.341. The van der Waals surface area contributed by atoms with Crippen LogP contribution in [0.4, 0.5) is 0 Å². The summed E-state index contributed by atoms with van der Waals surface area (Å²) in [5.74, 6) is 0. The molecule has 1 heterocycles. The standard InChI is InChI=1S/C13H26N4O2S/c1-4-13(5-2,6-3)16-20(18,19)12-10-15-17(11-12)9-7-8-14/h10-11,16H,4-9,14H2,1-3H3. The minimum atomic E-state index is -3.52. The van der Waals surface area contributed by atoms with Gasteiger partial charge in [0.05, 0.1) is 6.20 Å². The molecule has 0 aromatic carbocycles. The van der Waals surface area contributed by atoms with Crippen molar-refractivity contribution >= 4 is 10.0 Å². The molecule has 0 saturated heterocycles. The highest BCUT2D eigenvalue weighted by molar-refractivity contribution is 7.89. The third-order valence-electron chi connectivity index (χ3n) is 3.89. The van der Waals surface area contributed by atoms with Crippen molar-refractivity contribution in [1.82, 2.24) is 14.5 Å². The van der Waals surface area contributed by atoms with E-state index in [0.717, 1.165) is 25.7 Å². The molecule has 0 aliphatic rings. The van der Waals surface area contributed by atoms with Crippen LogP contribution in [0.15, 0.2) is 17.3 Å². The minimum Gasteiger partial charge on any atom is -0.330 e. The molecule has 0 radical (unpaired) electrons. The molecular formula is C13H26N4O2S. The van der Waals surface area contributed by atoms with E-state index in [4.69, 9.17) is 5.73 Å². The van der Waals surface area contributed by atoms with Crippen LogP contribution in [0, 0.1) is 0 Å². The maximum Gasteiger partial charge on any atom is 0.244 e. The van der Waals surface area contributed by atoms with Crippen LogP contribution in [0.25, 0.3) is 0 Å². The molecule has 7 heteroatoms. The highest BCUT2D eigenvalue weighted by atomic mass is 32.2. The second-order valence-corrected chi connectivity index (χ2v) is 6.71. The van der Waals surface area contributed by atoms with Gasteiger partial charge in [-0.1, -0.05) is 20.8 Å². The van der Waals surface area contributed by atoms with E-state index in [0.29, 0.717) is 13.1 Å². The summed E-state index contributed by atoms with van der Waals surface area (Å²) in [4.78, 5) is 0.217. The topological polar surface area (TPSA) is 90.0 Å². The highest BCUT2D eigenvalue weighted by Gasteiger charge is 2.30. The zero-order valence-corrected chi connectivity index (χ0v) is 13.4. The summed E-state index contributed by atoms with van der Waals surface area (Å²) < 4.78 is 29.3. The average molecular weight is 302 g/mol. The second-order valence-electron chi connectivity index (χ2n) is 5.03. The molecule has 1 aromatic rings. The van der Waals surface area contributed by atoms with Gasteiger partial charge in [-0.05, 0) is 32.2 Å². The molecule has 1 rings (SSSR count). The third-order valence-corrected chi connectivity index (χ3v) is 5.43. The Labute approximate surface area is 121 Å². The molecule has 1 aromatic heterocycles. The molecular weight excluding hydrogens is 276 g/mol. The van der Waals surface area contributed by atoms with Gasteiger partial charge >= 0.3 is 0 Å². The van der Waals surface area contributed by atoms with Crippen LogP contribution in [-0.4, -0.2) is 30.3 Å². The molecule has 0 amide bonds. The lowest BCUT2D eigenvalue weighted by Crippen LogP contribution is -2.46. The summed E-state index contributed by atoms with van der Waals surface area (Å²) in [6, 6.07) is 0. The Bertz CT molecular complexity index is 498. The van der Waals surface area contributed by atoms with E-state index in [1.807, 2.05) is 20.8 Å². The number of nitrogens with one attached hydrogen (secondary N) is 1. The quantitative estimate of drug-likeness (QED) is 0.723. The van der Waals surface area contributed by atoms with Gasteiger partial charge in [0.1, 0.15) is 4.90 Å². The van der Waals surface area contributed by atoms with Gasteiger partial charge in [0.15, 0.2) is 0 Å². The van der Waals surface area contributed by atoms with Crippen LogP contribution < -0.4 is 10.5 Å². The summed E-state index contributed by atoms with van der Waals surface area (Å²) >= 11 is 0. The van der Waals surface area contributed by atoms with Gasteiger partial charge in [-0.15, -0.1) is 0 Å². The summed E-state index contributed by atoms with van der Waals surface area (Å²) in [5.41, 5.74) is 5.06. The molecule has 0 saturated carbocycles. The van der Waals surface area contributed by atoms with Gasteiger partial charge in [0.2, 0.25) is 10.0 Å². The van der Waals surface area contributed by atoms with Gasteiger partial charge in [-0.2, -0.15) is 5.10 Å². The smallest absolute Gasteiger partial charge is 0.244 e. The Hall–Kier alpha value is -0.920. The van der Waals surface area contributed by atoms with Crippen LogP contribution in [0.1, 0.15) is 46.5 Å². The van der Waals surface area contributed by atoms with Crippen LogP contribution in [0.3, 0.4) is 0 Å². The first kappa shape index (κ1) is 17.1. The predicted octanol–water partition coefficient (Wildman–Crippen LogP) is 1.48. The van der Waals surface area contributed by atoms with Crippen LogP contribution >= 0.6 is 0 Å². The number of sulfonamides is 1. The predicted molar refractivity (Wildman–Crippen MR) is 79.8 cm³/mol. The Morgan fingerprint density at radius 2 is 1.90 bits per heavy atom. The summed E-state index contributed by atoms with van der Waals surface area (Å²) in [6.45, 7) is 7.19. The van der Waals surface area contributed by atoms with E-state index >= 15 is 0 Å². The highest BCUT2D eigenvalue weighted by Crippen LogP contribution is 2.22. The van der Waals surface area contributed by atoms with Crippen molar-refractivity contribution in [3.8, 4) is 0 Å². The van der Waals surface area contributed by atoms with Gasteiger partial charge < -0.3 is 5.73 Å². The van der Waals surface area contributed by atoms with Crippen LogP contribution in [-0.2, 0) is 16.6 Å². The minimum absolute atomic E-state index is 0.217. The van der Waals surface area contributed by atoms with Gasteiger partial charge in [0.25, 0.3) is 0 Å². The van der Waals surface area contributed by atoms with E-state index in [-0.39, 0.29) is 10.4 Å². The largest absolute Gasteiger partial charge is 0.330 e. The van der Waals surface area contributed by atoms with Crippen LogP contribution in [0.2, 0.25) is 0 Å². The maximum atomic E-state index is 12.4. The third kappa shape index (κ3) is 4.04. The zero-order valence-electron chi connectivity index (χ0n) is 12.6. The van der Waals surface area contributed by atoms with Gasteiger partial charge in [0, 0.05) is 18.3 Å². The number of rotatable bonds is 9. The number of aryl methyl sites for hydroxylation is 1. The van der Waals surface area contributed by atoms with Crippen molar-refractivity contribution < 1.29 is 8.42 Å². The molecule has 0 aliphatic carbocycles. The molecule has 0 unspecified atom stereocenters. The second kappa shape index (κ2) is 7.19. The molecule has 0 aliphatic heterocycles. The zero-order chi connectivity index (χ0) is 15.2. The normalized spacial score (nSPS) is 12.8. The molecule has 0 atom stereocenters. The summed E-state index contributed by atoms with van der Waals surface area (Å²) in [7, 11) is -3.52. The van der Waals surface area contributed by atoms with Crippen molar-refractivity contribution in [3.05, 3.63) is 12.4 Å². The Morgan fingerprint density at radius 3 is 2.40 bits per heavy atom. The molecule has 0 bridgehead atoms. The fraction of sp³-hybridized carbons (Fsp3) is 0.769. The molecule has 20 heavy (non-hydrogen) atoms. The average Bonchev–Trinajstić information content (AvgIpc) is 2.92. The Morgan fingerprint density at radius 1 is 1.30 bits per heavy atom. The number of nitrogens with two attached hydrogens (primary N) is 1. The number of aromatic nitrogens is 2. The number of hydrogen-bond donors (Lipinski definition) is 2. The van der Waals surface area contributed by atoms with Crippen LogP contribution in [0.5, 0.6) is 0 Å². The van der Waals surface area contributed by atoms with E-state index < -0.39 is 10.0 Å². The van der Waals surface area contributed by atoms with Gasteiger partial charge in [-0.25, -0.2) is 13.1 Å². The molecule has 3 N–H and O–H groups in total. The SMILES string of the molecule is CCC(CC)(CC)NS(=O)(=O)c1cnn(CCCN)c1. The van der Waals surface area contributed by atoms with E-state index in [1.165, 1.54) is 6.20 Å². The number of hydrogen-bond acceptors (Lipinski definition) is 4. The molecule has 0 spiro atoms. The lowest BCUT2D eigenvalue weighted by Gasteiger charge is -2.30.